The Labute approximate surface area is 252 Å². The lowest BCUT2D eigenvalue weighted by atomic mass is 9.87. The Morgan fingerprint density at radius 1 is 1.05 bits per heavy atom. The number of ether oxygens (including phenoxy) is 3. The average Bonchev–Trinajstić information content (AvgIpc) is 3.57. The van der Waals surface area contributed by atoms with Gasteiger partial charge in [0, 0.05) is 37.6 Å². The Bertz CT molecular complexity index is 1380. The minimum Gasteiger partial charge on any atom is -0.497 e. The largest absolute Gasteiger partial charge is 0.497 e. The number of nitrogens with zero attached hydrogens (tertiary/aromatic N) is 3. The number of aliphatic carboxylic acids is 1. The number of hydrogen-bond donors (Lipinski definition) is 1. The number of rotatable bonds is 6. The van der Waals surface area contributed by atoms with Gasteiger partial charge in [0.1, 0.15) is 17.6 Å². The number of ketones is 1. The first kappa shape index (κ1) is 30.5. The lowest BCUT2D eigenvalue weighted by molar-refractivity contribution is -0.144. The lowest BCUT2D eigenvalue weighted by Crippen LogP contribution is -2.37. The van der Waals surface area contributed by atoms with E-state index in [2.05, 4.69) is 16.0 Å². The fourth-order valence-corrected chi connectivity index (χ4v) is 6.63. The van der Waals surface area contributed by atoms with E-state index in [9.17, 15) is 19.5 Å². The summed E-state index contributed by atoms with van der Waals surface area (Å²) in [6.07, 6.45) is 8.90. The molecule has 0 unspecified atom stereocenters. The van der Waals surface area contributed by atoms with Gasteiger partial charge in [0.05, 0.1) is 31.2 Å². The maximum absolute atomic E-state index is 13.6. The van der Waals surface area contributed by atoms with Crippen LogP contribution in [0.5, 0.6) is 17.6 Å². The number of carbonyl (C=O) groups excluding carboxylic acids is 2. The predicted molar refractivity (Wildman–Crippen MR) is 159 cm³/mol. The molecule has 0 spiro atoms. The second kappa shape index (κ2) is 13.1. The van der Waals surface area contributed by atoms with Crippen molar-refractivity contribution in [3.63, 3.8) is 0 Å². The SMILES string of the molecule is COc1cccc(-c2cc(O[C@@H]3C[C@H]4C(=O)CCC[C@]5(C(=O)O)C[C@H]5/C=C\CCCCN(C)C(=O)[C@@H]4C3)nc(OC)n2)c1. The van der Waals surface area contributed by atoms with Crippen LogP contribution in [0.3, 0.4) is 0 Å². The molecule has 1 aromatic carbocycles. The zero-order chi connectivity index (χ0) is 30.6. The molecule has 230 valence electrons. The first-order chi connectivity index (χ1) is 20.7. The third kappa shape index (κ3) is 6.84. The second-order valence-corrected chi connectivity index (χ2v) is 12.0. The third-order valence-electron chi connectivity index (χ3n) is 9.23. The zero-order valence-corrected chi connectivity index (χ0v) is 25.2. The molecule has 1 aromatic heterocycles. The van der Waals surface area contributed by atoms with Crippen molar-refractivity contribution >= 4 is 17.7 Å². The van der Waals surface area contributed by atoms with Gasteiger partial charge in [-0.2, -0.15) is 9.97 Å². The Kier molecular flexibility index (Phi) is 9.32. The van der Waals surface area contributed by atoms with E-state index in [0.717, 1.165) is 24.8 Å². The number of carboxylic acids is 1. The van der Waals surface area contributed by atoms with Crippen LogP contribution in [0.1, 0.15) is 57.8 Å². The van der Waals surface area contributed by atoms with Gasteiger partial charge in [-0.3, -0.25) is 14.4 Å². The van der Waals surface area contributed by atoms with Crippen LogP contribution in [0.15, 0.2) is 42.5 Å². The van der Waals surface area contributed by atoms with E-state index in [0.29, 0.717) is 56.0 Å². The number of allylic oxidation sites excluding steroid dienone is 2. The van der Waals surface area contributed by atoms with Crippen molar-refractivity contribution in [3.8, 4) is 28.9 Å². The average molecular weight is 592 g/mol. The van der Waals surface area contributed by atoms with Gasteiger partial charge in [-0.05, 0) is 69.4 Å². The van der Waals surface area contributed by atoms with E-state index in [-0.39, 0.29) is 30.0 Å². The normalized spacial score (nSPS) is 28.9. The molecular formula is C33H41N3O7. The van der Waals surface area contributed by atoms with E-state index >= 15 is 0 Å². The number of fused-ring (bicyclic) bond motifs is 2. The standard InChI is InChI=1S/C33H41N3O7/c1-36-15-7-5-4-6-11-22-20-33(22,31(39)40)14-9-13-28(37)25-17-24(18-26(25)30(36)38)43-29-19-27(34-32(35-29)42-3)21-10-8-12-23(16-21)41-2/h6,8,10-12,16,19,22,24-26H,4-5,7,9,13-15,17-18,20H2,1-3H3,(H,39,40)/b11-6-/t22-,24-,25-,26-,33+/m1/s1. The van der Waals surface area contributed by atoms with Crippen molar-refractivity contribution in [2.75, 3.05) is 27.8 Å². The summed E-state index contributed by atoms with van der Waals surface area (Å²) in [5.74, 6) is -0.816. The molecule has 2 fully saturated rings. The summed E-state index contributed by atoms with van der Waals surface area (Å²) in [7, 11) is 4.89. The summed E-state index contributed by atoms with van der Waals surface area (Å²) in [5.41, 5.74) is 0.628. The van der Waals surface area contributed by atoms with E-state index in [4.69, 9.17) is 14.2 Å². The maximum atomic E-state index is 13.6. The quantitative estimate of drug-likeness (QED) is 0.464. The minimum absolute atomic E-state index is 0.00411. The Balaban J connectivity index is 1.35. The van der Waals surface area contributed by atoms with E-state index in [1.165, 1.54) is 7.11 Å². The summed E-state index contributed by atoms with van der Waals surface area (Å²) >= 11 is 0. The number of carbonyl (C=O) groups is 3. The minimum atomic E-state index is -0.784. The number of benzene rings is 1. The summed E-state index contributed by atoms with van der Waals surface area (Å²) in [4.78, 5) is 49.9. The van der Waals surface area contributed by atoms with Crippen molar-refractivity contribution in [2.24, 2.45) is 23.2 Å². The summed E-state index contributed by atoms with van der Waals surface area (Å²) < 4.78 is 17.0. The first-order valence-corrected chi connectivity index (χ1v) is 15.2. The van der Waals surface area contributed by atoms with Crippen molar-refractivity contribution in [1.29, 1.82) is 0 Å². The molecule has 2 heterocycles. The van der Waals surface area contributed by atoms with Crippen LogP contribution in [-0.2, 0) is 14.4 Å². The topological polar surface area (TPSA) is 128 Å². The molecule has 5 rings (SSSR count). The molecule has 0 bridgehead atoms. The maximum Gasteiger partial charge on any atom is 0.320 e. The van der Waals surface area contributed by atoms with Crippen LogP contribution in [0.2, 0.25) is 0 Å². The molecule has 43 heavy (non-hydrogen) atoms. The predicted octanol–water partition coefficient (Wildman–Crippen LogP) is 4.96. The van der Waals surface area contributed by atoms with Gasteiger partial charge in [0.15, 0.2) is 0 Å². The van der Waals surface area contributed by atoms with Crippen LogP contribution in [0, 0.1) is 23.2 Å². The number of Topliss-reactive ketones (excluding diaryl/α,β-unsaturated/α-hetero) is 1. The van der Waals surface area contributed by atoms with Gasteiger partial charge in [0.2, 0.25) is 11.8 Å². The van der Waals surface area contributed by atoms with Gasteiger partial charge < -0.3 is 24.2 Å². The highest BCUT2D eigenvalue weighted by atomic mass is 16.5. The first-order valence-electron chi connectivity index (χ1n) is 15.2. The molecule has 2 aromatic rings. The van der Waals surface area contributed by atoms with Crippen LogP contribution in [-0.4, -0.2) is 71.6 Å². The molecule has 3 aliphatic rings. The Morgan fingerprint density at radius 3 is 2.63 bits per heavy atom. The van der Waals surface area contributed by atoms with Gasteiger partial charge in [-0.1, -0.05) is 24.3 Å². The highest BCUT2D eigenvalue weighted by molar-refractivity contribution is 5.89. The lowest BCUT2D eigenvalue weighted by Gasteiger charge is -2.24. The monoisotopic (exact) mass is 591 g/mol. The number of methoxy groups -OCH3 is 2. The molecule has 0 radical (unpaired) electrons. The van der Waals surface area contributed by atoms with Crippen LogP contribution >= 0.6 is 0 Å². The Hall–Kier alpha value is -3.95. The summed E-state index contributed by atoms with van der Waals surface area (Å²) in [5, 5.41) is 9.93. The summed E-state index contributed by atoms with van der Waals surface area (Å²) in [6, 6.07) is 9.34. The fourth-order valence-electron chi connectivity index (χ4n) is 6.63. The van der Waals surface area contributed by atoms with Crippen molar-refractivity contribution in [1.82, 2.24) is 14.9 Å². The fraction of sp³-hybridized carbons (Fsp3) is 0.545. The van der Waals surface area contributed by atoms with Gasteiger partial charge in [0.25, 0.3) is 0 Å². The molecule has 2 saturated carbocycles. The molecule has 0 saturated heterocycles. The van der Waals surface area contributed by atoms with Crippen molar-refractivity contribution in [2.45, 2.75) is 63.9 Å². The molecule has 1 amide bonds. The highest BCUT2D eigenvalue weighted by Gasteiger charge is 2.58. The third-order valence-corrected chi connectivity index (χ3v) is 9.23. The molecule has 1 N–H and O–H groups in total. The van der Waals surface area contributed by atoms with Gasteiger partial charge >= 0.3 is 12.0 Å². The van der Waals surface area contributed by atoms with Crippen molar-refractivity contribution in [3.05, 3.63) is 42.5 Å². The molecule has 2 aliphatic carbocycles. The van der Waals surface area contributed by atoms with Crippen LogP contribution in [0.25, 0.3) is 11.3 Å². The number of aromatic nitrogens is 2. The molecule has 5 atom stereocenters. The number of amides is 1. The van der Waals surface area contributed by atoms with Gasteiger partial charge in [-0.25, -0.2) is 0 Å². The number of carboxylic acid groups (broad SMARTS) is 1. The smallest absolute Gasteiger partial charge is 0.320 e. The van der Waals surface area contributed by atoms with E-state index < -0.39 is 29.3 Å². The van der Waals surface area contributed by atoms with Crippen LogP contribution in [0.4, 0.5) is 0 Å². The molecule has 1 aliphatic heterocycles. The zero-order valence-electron chi connectivity index (χ0n) is 25.2. The van der Waals surface area contributed by atoms with E-state index in [1.807, 2.05) is 30.3 Å². The highest BCUT2D eigenvalue weighted by Crippen LogP contribution is 2.57. The van der Waals surface area contributed by atoms with Crippen molar-refractivity contribution < 1.29 is 33.7 Å². The second-order valence-electron chi connectivity index (χ2n) is 12.0. The number of hydrogen-bond acceptors (Lipinski definition) is 8. The Morgan fingerprint density at radius 2 is 1.86 bits per heavy atom. The van der Waals surface area contributed by atoms with E-state index in [1.54, 1.807) is 25.1 Å². The molecular weight excluding hydrogens is 550 g/mol. The molecule has 10 heteroatoms. The van der Waals surface area contributed by atoms with Gasteiger partial charge in [-0.15, -0.1) is 0 Å². The summed E-state index contributed by atoms with van der Waals surface area (Å²) in [6.45, 7) is 0.602. The molecule has 10 nitrogen and oxygen atoms in total. The van der Waals surface area contributed by atoms with Crippen LogP contribution < -0.4 is 14.2 Å².